The molecule has 0 nitrogen and oxygen atoms in total. The maximum atomic E-state index is 7.33. The molecule has 1 heteroatoms. The molecule has 48 valence electrons. The molecule has 0 atom stereocenters. The van der Waals surface area contributed by atoms with Crippen LogP contribution in [-0.4, -0.2) is 0 Å². The van der Waals surface area contributed by atoms with E-state index in [-0.39, 0.29) is 0 Å². The van der Waals surface area contributed by atoms with E-state index in [1.165, 1.54) is 0 Å². The summed E-state index contributed by atoms with van der Waals surface area (Å²) in [4.78, 5) is 0. The zero-order chi connectivity index (χ0) is 8.48. The van der Waals surface area contributed by atoms with Gasteiger partial charge in [0, 0.05) is 8.02 Å². The fourth-order valence-corrected chi connectivity index (χ4v) is 0.881. The lowest BCUT2D eigenvalue weighted by Crippen LogP contribution is -1.75. The Morgan fingerprint density at radius 1 is 1.44 bits per heavy atom. The normalized spacial score (nSPS) is 14.4. The van der Waals surface area contributed by atoms with Crippen LogP contribution in [0, 0.1) is 6.92 Å². The first-order valence-corrected chi connectivity index (χ1v) is 3.55. The van der Waals surface area contributed by atoms with Crippen LogP contribution in [0.1, 0.15) is 13.9 Å². The highest BCUT2D eigenvalue weighted by Gasteiger charge is 1.85. The van der Waals surface area contributed by atoms with E-state index in [1.54, 1.807) is 12.1 Å². The van der Waals surface area contributed by atoms with Gasteiger partial charge in [0.15, 0.2) is 0 Å². The molecule has 1 aromatic rings. The van der Waals surface area contributed by atoms with Crippen molar-refractivity contribution >= 4 is 15.9 Å². The maximum Gasteiger partial charge on any atom is 0.0437 e. The molecule has 1 aromatic carbocycles. The second-order valence-corrected chi connectivity index (χ2v) is 2.36. The minimum absolute atomic E-state index is 0.656. The number of benzene rings is 1. The predicted octanol–water partition coefficient (Wildman–Crippen LogP) is 2.89. The van der Waals surface area contributed by atoms with Gasteiger partial charge in [-0.3, -0.25) is 0 Å². The van der Waals surface area contributed by atoms with Gasteiger partial charge in [-0.2, -0.15) is 0 Å². The van der Waals surface area contributed by atoms with Gasteiger partial charge in [0.1, 0.15) is 0 Å². The molecule has 0 heterocycles. The molecule has 0 amide bonds. The van der Waals surface area contributed by atoms with E-state index in [2.05, 4.69) is 15.9 Å². The minimum atomic E-state index is -1.40. The third-order valence-corrected chi connectivity index (χ3v) is 1.62. The Morgan fingerprint density at radius 2 is 2.00 bits per heavy atom. The van der Waals surface area contributed by atoms with Crippen molar-refractivity contribution < 1.29 is 2.74 Å². The largest absolute Gasteiger partial charge is 0.0876 e. The third kappa shape index (κ3) is 1.83. The Kier molecular flexibility index (Phi) is 1.51. The molecule has 0 spiro atoms. The molecule has 0 aromatic heterocycles. The number of halogens is 1. The SMILES string of the molecule is [2H]C([2H])(Br)c1ccc(C)cc1. The van der Waals surface area contributed by atoms with Gasteiger partial charge in [-0.25, -0.2) is 0 Å². The van der Waals surface area contributed by atoms with Gasteiger partial charge in [-0.05, 0) is 12.5 Å². The minimum Gasteiger partial charge on any atom is -0.0876 e. The van der Waals surface area contributed by atoms with Crippen molar-refractivity contribution in [3.05, 3.63) is 35.4 Å². The molecule has 0 unspecified atom stereocenters. The number of hydrogen-bond donors (Lipinski definition) is 0. The highest BCUT2D eigenvalue weighted by atomic mass is 79.9. The highest BCUT2D eigenvalue weighted by Crippen LogP contribution is 2.05. The lowest BCUT2D eigenvalue weighted by molar-refractivity contribution is 1.38. The van der Waals surface area contributed by atoms with Crippen LogP contribution in [0.4, 0.5) is 0 Å². The molecule has 0 bridgehead atoms. The Hall–Kier alpha value is -0.300. The smallest absolute Gasteiger partial charge is 0.0437 e. The number of aryl methyl sites for hydroxylation is 1. The molecule has 0 aliphatic carbocycles. The first-order valence-electron chi connectivity index (χ1n) is 3.76. The summed E-state index contributed by atoms with van der Waals surface area (Å²) in [6.07, 6.45) is 0. The van der Waals surface area contributed by atoms with Crippen LogP contribution in [0.2, 0.25) is 0 Å². The Labute approximate surface area is 66.8 Å². The lowest BCUT2D eigenvalue weighted by Gasteiger charge is -1.93. The van der Waals surface area contributed by atoms with Crippen LogP contribution in [0.3, 0.4) is 0 Å². The Balaban J connectivity index is 2.99. The van der Waals surface area contributed by atoms with Crippen LogP contribution < -0.4 is 0 Å². The lowest BCUT2D eigenvalue weighted by atomic mass is 10.2. The average molecular weight is 187 g/mol. The molecule has 0 radical (unpaired) electrons. The zero-order valence-corrected chi connectivity index (χ0v) is 6.77. The number of hydrogen-bond acceptors (Lipinski definition) is 0. The molecule has 0 aliphatic rings. The quantitative estimate of drug-likeness (QED) is 0.593. The molecule has 0 N–H and O–H groups in total. The summed E-state index contributed by atoms with van der Waals surface area (Å²) < 4.78 is 14.7. The van der Waals surface area contributed by atoms with Crippen LogP contribution in [0.5, 0.6) is 0 Å². The van der Waals surface area contributed by atoms with Crippen molar-refractivity contribution in [3.8, 4) is 0 Å². The first kappa shape index (κ1) is 4.51. The standard InChI is InChI=1S/C8H9Br/c1-7-2-4-8(6-9)5-3-7/h2-5H,6H2,1H3/i6D2. The van der Waals surface area contributed by atoms with E-state index in [0.717, 1.165) is 5.56 Å². The molecule has 0 aliphatic heterocycles. The van der Waals surface area contributed by atoms with Gasteiger partial charge >= 0.3 is 0 Å². The van der Waals surface area contributed by atoms with Gasteiger partial charge in [0.2, 0.25) is 0 Å². The topological polar surface area (TPSA) is 0 Å². The van der Waals surface area contributed by atoms with Crippen LogP contribution in [0.25, 0.3) is 0 Å². The van der Waals surface area contributed by atoms with E-state index >= 15 is 0 Å². The Bertz CT molecular complexity index is 235. The summed E-state index contributed by atoms with van der Waals surface area (Å²) in [5.41, 5.74) is 1.80. The fourth-order valence-electron chi connectivity index (χ4n) is 0.617. The van der Waals surface area contributed by atoms with Crippen molar-refractivity contribution in [2.24, 2.45) is 0 Å². The van der Waals surface area contributed by atoms with Gasteiger partial charge in [-0.15, -0.1) is 0 Å². The highest BCUT2D eigenvalue weighted by molar-refractivity contribution is 9.08. The molecular formula is C8H9Br. The number of alkyl halides is 1. The summed E-state index contributed by atoms with van der Waals surface area (Å²) in [6, 6.07) is 7.36. The average Bonchev–Trinajstić information content (AvgIpc) is 1.86. The van der Waals surface area contributed by atoms with Gasteiger partial charge in [0.25, 0.3) is 0 Å². The summed E-state index contributed by atoms with van der Waals surface area (Å²) in [7, 11) is 0. The molecule has 1 rings (SSSR count). The molecule has 0 saturated heterocycles. The van der Waals surface area contributed by atoms with Crippen molar-refractivity contribution in [2.45, 2.75) is 12.2 Å². The summed E-state index contributed by atoms with van der Waals surface area (Å²) in [6.45, 7) is 1.98. The van der Waals surface area contributed by atoms with Crippen LogP contribution in [-0.2, 0) is 5.28 Å². The van der Waals surface area contributed by atoms with E-state index < -0.39 is 5.28 Å². The van der Waals surface area contributed by atoms with Gasteiger partial charge in [-0.1, -0.05) is 45.8 Å². The molecule has 0 fully saturated rings. The van der Waals surface area contributed by atoms with Crippen molar-refractivity contribution in [1.29, 1.82) is 0 Å². The van der Waals surface area contributed by atoms with E-state index in [9.17, 15) is 0 Å². The molecule has 0 saturated carbocycles. The van der Waals surface area contributed by atoms with Crippen molar-refractivity contribution in [1.82, 2.24) is 0 Å². The first-order chi connectivity index (χ1) is 5.00. The second-order valence-electron chi connectivity index (χ2n) is 1.96. The maximum absolute atomic E-state index is 7.33. The Morgan fingerprint density at radius 3 is 2.44 bits per heavy atom. The van der Waals surface area contributed by atoms with Crippen molar-refractivity contribution in [3.63, 3.8) is 0 Å². The van der Waals surface area contributed by atoms with E-state index in [1.807, 2.05) is 19.1 Å². The summed E-state index contributed by atoms with van der Waals surface area (Å²) in [5.74, 6) is 0. The molecule has 9 heavy (non-hydrogen) atoms. The summed E-state index contributed by atoms with van der Waals surface area (Å²) >= 11 is 2.94. The van der Waals surface area contributed by atoms with Gasteiger partial charge in [0.05, 0.1) is 0 Å². The second kappa shape index (κ2) is 3.02. The van der Waals surface area contributed by atoms with Crippen molar-refractivity contribution in [2.75, 3.05) is 0 Å². The monoisotopic (exact) mass is 186 g/mol. The zero-order valence-electron chi connectivity index (χ0n) is 7.19. The molecular weight excluding hydrogens is 176 g/mol. The predicted molar refractivity (Wildman–Crippen MR) is 43.8 cm³/mol. The fraction of sp³-hybridized carbons (Fsp3) is 0.250. The van der Waals surface area contributed by atoms with Crippen LogP contribution >= 0.6 is 15.9 Å². The number of rotatable bonds is 1. The van der Waals surface area contributed by atoms with E-state index in [0.29, 0.717) is 5.56 Å². The summed E-state index contributed by atoms with van der Waals surface area (Å²) in [5, 5.41) is -1.40. The third-order valence-electron chi connectivity index (χ3n) is 1.16. The van der Waals surface area contributed by atoms with Gasteiger partial charge < -0.3 is 0 Å². The van der Waals surface area contributed by atoms with E-state index in [4.69, 9.17) is 2.74 Å². The van der Waals surface area contributed by atoms with Crippen LogP contribution in [0.15, 0.2) is 24.3 Å².